The quantitative estimate of drug-likeness (QED) is 0.893. The van der Waals surface area contributed by atoms with E-state index in [1.807, 2.05) is 13.8 Å². The van der Waals surface area contributed by atoms with Crippen molar-refractivity contribution in [1.29, 1.82) is 0 Å². The van der Waals surface area contributed by atoms with Crippen LogP contribution in [-0.2, 0) is 4.79 Å². The van der Waals surface area contributed by atoms with Gasteiger partial charge in [-0.15, -0.1) is 0 Å². The fourth-order valence-corrected chi connectivity index (χ4v) is 2.23. The normalized spacial score (nSPS) is 19.7. The standard InChI is InChI=1S/C13H21N3O2/c1-9-4-6-16(7-5-9)11(3)13(17)14-12-8-10(2)15-18-12/h8-9,11H,4-7H2,1-3H3,(H,14,17)/t11-/m0/s1. The molecule has 0 saturated carbocycles. The van der Waals surface area contributed by atoms with E-state index in [2.05, 4.69) is 22.3 Å². The first-order chi connectivity index (χ1) is 8.56. The highest BCUT2D eigenvalue weighted by Gasteiger charge is 2.25. The summed E-state index contributed by atoms with van der Waals surface area (Å²) in [6.07, 6.45) is 2.33. The third kappa shape index (κ3) is 3.10. The smallest absolute Gasteiger partial charge is 0.243 e. The molecule has 1 saturated heterocycles. The van der Waals surface area contributed by atoms with Gasteiger partial charge in [-0.25, -0.2) is 0 Å². The predicted molar refractivity (Wildman–Crippen MR) is 69.3 cm³/mol. The van der Waals surface area contributed by atoms with Crippen LogP contribution in [-0.4, -0.2) is 35.1 Å². The van der Waals surface area contributed by atoms with E-state index in [0.29, 0.717) is 5.88 Å². The second kappa shape index (κ2) is 5.52. The van der Waals surface area contributed by atoms with Gasteiger partial charge in [0.05, 0.1) is 11.7 Å². The van der Waals surface area contributed by atoms with E-state index in [0.717, 1.165) is 24.7 Å². The van der Waals surface area contributed by atoms with Gasteiger partial charge in [-0.1, -0.05) is 12.1 Å². The lowest BCUT2D eigenvalue weighted by Crippen LogP contribution is -2.45. The molecule has 100 valence electrons. The lowest BCUT2D eigenvalue weighted by molar-refractivity contribution is -0.121. The number of likely N-dealkylation sites (tertiary alicyclic amines) is 1. The van der Waals surface area contributed by atoms with Crippen molar-refractivity contribution in [3.05, 3.63) is 11.8 Å². The maximum Gasteiger partial charge on any atom is 0.243 e. The highest BCUT2D eigenvalue weighted by atomic mass is 16.5. The van der Waals surface area contributed by atoms with Crippen molar-refractivity contribution in [2.24, 2.45) is 5.92 Å². The minimum Gasteiger partial charge on any atom is -0.338 e. The van der Waals surface area contributed by atoms with Gasteiger partial charge in [-0.05, 0) is 45.7 Å². The maximum absolute atomic E-state index is 12.1. The van der Waals surface area contributed by atoms with Crippen LogP contribution in [0.15, 0.2) is 10.6 Å². The van der Waals surface area contributed by atoms with Crippen LogP contribution in [0.4, 0.5) is 5.88 Å². The Morgan fingerprint density at radius 3 is 2.78 bits per heavy atom. The highest BCUT2D eigenvalue weighted by molar-refractivity contribution is 5.93. The van der Waals surface area contributed by atoms with Crippen LogP contribution < -0.4 is 5.32 Å². The Labute approximate surface area is 108 Å². The number of rotatable bonds is 3. The number of nitrogens with one attached hydrogen (secondary N) is 1. The fourth-order valence-electron chi connectivity index (χ4n) is 2.23. The van der Waals surface area contributed by atoms with Gasteiger partial charge >= 0.3 is 0 Å². The van der Waals surface area contributed by atoms with Crippen LogP contribution >= 0.6 is 0 Å². The Hall–Kier alpha value is -1.36. The molecule has 18 heavy (non-hydrogen) atoms. The molecule has 1 aliphatic rings. The predicted octanol–water partition coefficient (Wildman–Crippen LogP) is 2.04. The summed E-state index contributed by atoms with van der Waals surface area (Å²) in [4.78, 5) is 14.3. The summed E-state index contributed by atoms with van der Waals surface area (Å²) in [5, 5.41) is 6.51. The number of hydrogen-bond acceptors (Lipinski definition) is 4. The number of piperidine rings is 1. The van der Waals surface area contributed by atoms with E-state index in [9.17, 15) is 4.79 Å². The fraction of sp³-hybridized carbons (Fsp3) is 0.692. The Balaban J connectivity index is 1.88. The van der Waals surface area contributed by atoms with Gasteiger partial charge in [0.1, 0.15) is 0 Å². The van der Waals surface area contributed by atoms with E-state index in [1.54, 1.807) is 6.07 Å². The van der Waals surface area contributed by atoms with Gasteiger partial charge in [0, 0.05) is 6.07 Å². The van der Waals surface area contributed by atoms with Crippen LogP contribution in [0.2, 0.25) is 0 Å². The summed E-state index contributed by atoms with van der Waals surface area (Å²) in [5.74, 6) is 1.17. The van der Waals surface area contributed by atoms with Gasteiger partial charge < -0.3 is 4.52 Å². The Kier molecular flexibility index (Phi) is 4.01. The average Bonchev–Trinajstić information content (AvgIpc) is 2.75. The molecule has 0 spiro atoms. The van der Waals surface area contributed by atoms with Gasteiger partial charge in [-0.3, -0.25) is 15.0 Å². The topological polar surface area (TPSA) is 58.4 Å². The summed E-state index contributed by atoms with van der Waals surface area (Å²) in [6, 6.07) is 1.60. The minimum atomic E-state index is -0.122. The van der Waals surface area contributed by atoms with Crippen molar-refractivity contribution in [3.8, 4) is 0 Å². The maximum atomic E-state index is 12.1. The Bertz CT molecular complexity index is 408. The summed E-state index contributed by atoms with van der Waals surface area (Å²) in [7, 11) is 0. The molecule has 1 fully saturated rings. The summed E-state index contributed by atoms with van der Waals surface area (Å²) in [6.45, 7) is 8.01. The second-order valence-electron chi connectivity index (χ2n) is 5.22. The molecule has 0 bridgehead atoms. The molecule has 1 aromatic rings. The average molecular weight is 251 g/mol. The Morgan fingerprint density at radius 2 is 2.22 bits per heavy atom. The third-order valence-electron chi connectivity index (χ3n) is 3.62. The zero-order valence-corrected chi connectivity index (χ0v) is 11.3. The molecule has 0 aromatic carbocycles. The van der Waals surface area contributed by atoms with E-state index in [4.69, 9.17) is 4.52 Å². The van der Waals surface area contributed by atoms with Crippen LogP contribution in [0.5, 0.6) is 0 Å². The number of hydrogen-bond donors (Lipinski definition) is 1. The van der Waals surface area contributed by atoms with Crippen molar-refractivity contribution in [1.82, 2.24) is 10.1 Å². The number of aromatic nitrogens is 1. The SMILES string of the molecule is Cc1cc(NC(=O)[C@H](C)N2CCC(C)CC2)on1. The molecule has 0 radical (unpaired) electrons. The van der Waals surface area contributed by atoms with Crippen molar-refractivity contribution in [2.45, 2.75) is 39.7 Å². The molecule has 2 rings (SSSR count). The van der Waals surface area contributed by atoms with Crippen LogP contribution in [0.25, 0.3) is 0 Å². The monoisotopic (exact) mass is 251 g/mol. The number of aryl methyl sites for hydroxylation is 1. The molecule has 1 amide bonds. The molecule has 5 nitrogen and oxygen atoms in total. The molecule has 1 aromatic heterocycles. The van der Waals surface area contributed by atoms with Gasteiger partial charge in [0.15, 0.2) is 0 Å². The number of carbonyl (C=O) groups excluding carboxylic acids is 1. The van der Waals surface area contributed by atoms with Crippen LogP contribution in [0.1, 0.15) is 32.4 Å². The van der Waals surface area contributed by atoms with Crippen molar-refractivity contribution >= 4 is 11.8 Å². The zero-order valence-electron chi connectivity index (χ0n) is 11.3. The molecular formula is C13H21N3O2. The highest BCUT2D eigenvalue weighted by Crippen LogP contribution is 2.18. The minimum absolute atomic E-state index is 0.0271. The molecule has 1 N–H and O–H groups in total. The summed E-state index contributed by atoms with van der Waals surface area (Å²) in [5.41, 5.74) is 0.768. The largest absolute Gasteiger partial charge is 0.338 e. The number of amides is 1. The number of nitrogens with zero attached hydrogens (tertiary/aromatic N) is 2. The third-order valence-corrected chi connectivity index (χ3v) is 3.62. The van der Waals surface area contributed by atoms with Gasteiger partial charge in [-0.2, -0.15) is 0 Å². The van der Waals surface area contributed by atoms with E-state index >= 15 is 0 Å². The van der Waals surface area contributed by atoms with E-state index < -0.39 is 0 Å². The van der Waals surface area contributed by atoms with Gasteiger partial charge in [0.25, 0.3) is 0 Å². The molecule has 0 aliphatic carbocycles. The first kappa shape index (κ1) is 13.1. The van der Waals surface area contributed by atoms with E-state index in [-0.39, 0.29) is 11.9 Å². The van der Waals surface area contributed by atoms with Gasteiger partial charge in [0.2, 0.25) is 11.8 Å². The molecular weight excluding hydrogens is 230 g/mol. The summed E-state index contributed by atoms with van der Waals surface area (Å²) < 4.78 is 4.99. The van der Waals surface area contributed by atoms with Crippen molar-refractivity contribution in [2.75, 3.05) is 18.4 Å². The number of carbonyl (C=O) groups is 1. The molecule has 5 heteroatoms. The second-order valence-corrected chi connectivity index (χ2v) is 5.22. The molecule has 2 heterocycles. The van der Waals surface area contributed by atoms with Crippen molar-refractivity contribution in [3.63, 3.8) is 0 Å². The zero-order chi connectivity index (χ0) is 13.1. The number of anilines is 1. The lowest BCUT2D eigenvalue weighted by atomic mass is 9.98. The molecule has 1 aliphatic heterocycles. The lowest BCUT2D eigenvalue weighted by Gasteiger charge is -2.33. The first-order valence-corrected chi connectivity index (χ1v) is 6.54. The van der Waals surface area contributed by atoms with Crippen LogP contribution in [0, 0.1) is 12.8 Å². The Morgan fingerprint density at radius 1 is 1.56 bits per heavy atom. The first-order valence-electron chi connectivity index (χ1n) is 6.54. The molecule has 0 unspecified atom stereocenters. The molecule has 1 atom stereocenters. The van der Waals surface area contributed by atoms with E-state index in [1.165, 1.54) is 12.8 Å². The van der Waals surface area contributed by atoms with Crippen molar-refractivity contribution < 1.29 is 9.32 Å². The summed E-state index contributed by atoms with van der Waals surface area (Å²) >= 11 is 0. The van der Waals surface area contributed by atoms with Crippen LogP contribution in [0.3, 0.4) is 0 Å².